The summed E-state index contributed by atoms with van der Waals surface area (Å²) in [6.07, 6.45) is 7.82. The second kappa shape index (κ2) is 7.95. The van der Waals surface area contributed by atoms with E-state index in [9.17, 15) is 9.59 Å². The molecular formula is C17H30N2O3. The molecule has 5 nitrogen and oxygen atoms in total. The molecule has 1 amide bonds. The number of ether oxygens (including phenoxy) is 1. The summed E-state index contributed by atoms with van der Waals surface area (Å²) in [6.45, 7) is 4.20. The Bertz CT molecular complexity index is 383. The fourth-order valence-corrected chi connectivity index (χ4v) is 3.81. The molecule has 0 atom stereocenters. The van der Waals surface area contributed by atoms with E-state index in [1.54, 1.807) is 0 Å². The number of likely N-dealkylation sites (tertiary alicyclic amines) is 1. The van der Waals surface area contributed by atoms with Gasteiger partial charge in [0.05, 0.1) is 12.5 Å². The fourth-order valence-electron chi connectivity index (χ4n) is 3.81. The van der Waals surface area contributed by atoms with Crippen LogP contribution in [0.4, 0.5) is 0 Å². The van der Waals surface area contributed by atoms with E-state index in [0.29, 0.717) is 32.7 Å². The van der Waals surface area contributed by atoms with Crippen molar-refractivity contribution in [3.05, 3.63) is 0 Å². The second-order valence-electron chi connectivity index (χ2n) is 6.85. The van der Waals surface area contributed by atoms with E-state index in [2.05, 4.69) is 0 Å². The molecule has 1 saturated heterocycles. The largest absolute Gasteiger partial charge is 0.466 e. The number of hydrogen-bond acceptors (Lipinski definition) is 4. The molecule has 0 unspecified atom stereocenters. The monoisotopic (exact) mass is 310 g/mol. The van der Waals surface area contributed by atoms with Gasteiger partial charge in [-0.2, -0.15) is 0 Å². The molecule has 0 bridgehead atoms. The molecule has 0 aromatic heterocycles. The molecule has 2 rings (SSSR count). The van der Waals surface area contributed by atoms with Crippen molar-refractivity contribution in [2.75, 3.05) is 26.2 Å². The van der Waals surface area contributed by atoms with Crippen molar-refractivity contribution in [1.29, 1.82) is 0 Å². The van der Waals surface area contributed by atoms with Gasteiger partial charge in [0.15, 0.2) is 0 Å². The molecule has 2 fully saturated rings. The van der Waals surface area contributed by atoms with Crippen LogP contribution in [0.5, 0.6) is 0 Å². The molecule has 1 aliphatic heterocycles. The Labute approximate surface area is 133 Å². The van der Waals surface area contributed by atoms with Gasteiger partial charge in [0.1, 0.15) is 0 Å². The summed E-state index contributed by atoms with van der Waals surface area (Å²) >= 11 is 0. The van der Waals surface area contributed by atoms with Crippen molar-refractivity contribution >= 4 is 11.9 Å². The first-order chi connectivity index (χ1) is 10.6. The third-order valence-corrected chi connectivity index (χ3v) is 5.34. The third kappa shape index (κ3) is 4.22. The highest BCUT2D eigenvalue weighted by Crippen LogP contribution is 2.39. The standard InChI is InChI=1S/C17H30N2O3/c1-2-22-16(21)14-6-10-19(11-7-14)15(20)12-17(13-18)8-4-3-5-9-17/h14H,2-13,18H2,1H3. The zero-order valence-corrected chi connectivity index (χ0v) is 13.8. The molecule has 22 heavy (non-hydrogen) atoms. The highest BCUT2D eigenvalue weighted by molar-refractivity contribution is 5.78. The van der Waals surface area contributed by atoms with Gasteiger partial charge in [-0.3, -0.25) is 9.59 Å². The van der Waals surface area contributed by atoms with Crippen molar-refractivity contribution in [2.45, 2.75) is 58.3 Å². The molecule has 1 saturated carbocycles. The normalized spacial score (nSPS) is 22.4. The molecule has 1 aliphatic carbocycles. The Kier molecular flexibility index (Phi) is 6.24. The van der Waals surface area contributed by atoms with Gasteiger partial charge in [-0.1, -0.05) is 19.3 Å². The summed E-state index contributed by atoms with van der Waals surface area (Å²) in [5.74, 6) is 0.0668. The number of nitrogens with two attached hydrogens (primary N) is 1. The van der Waals surface area contributed by atoms with Gasteiger partial charge < -0.3 is 15.4 Å². The van der Waals surface area contributed by atoms with Crippen LogP contribution < -0.4 is 5.73 Å². The Morgan fingerprint density at radius 2 is 1.82 bits per heavy atom. The van der Waals surface area contributed by atoms with E-state index in [4.69, 9.17) is 10.5 Å². The van der Waals surface area contributed by atoms with E-state index >= 15 is 0 Å². The summed E-state index contributed by atoms with van der Waals surface area (Å²) in [5, 5.41) is 0. The van der Waals surface area contributed by atoms with Gasteiger partial charge in [0, 0.05) is 19.5 Å². The molecular weight excluding hydrogens is 280 g/mol. The molecule has 0 radical (unpaired) electrons. The molecule has 1 heterocycles. The van der Waals surface area contributed by atoms with Crippen LogP contribution in [0.1, 0.15) is 58.3 Å². The minimum absolute atomic E-state index is 0.0212. The topological polar surface area (TPSA) is 72.6 Å². The Hall–Kier alpha value is -1.10. The lowest BCUT2D eigenvalue weighted by atomic mass is 9.71. The lowest BCUT2D eigenvalue weighted by molar-refractivity contribution is -0.151. The van der Waals surface area contributed by atoms with E-state index in [0.717, 1.165) is 25.7 Å². The molecule has 0 spiro atoms. The first-order valence-corrected chi connectivity index (χ1v) is 8.75. The molecule has 126 valence electrons. The van der Waals surface area contributed by atoms with Crippen LogP contribution >= 0.6 is 0 Å². The van der Waals surface area contributed by atoms with Crippen LogP contribution in [-0.2, 0) is 14.3 Å². The quantitative estimate of drug-likeness (QED) is 0.789. The summed E-state index contributed by atoms with van der Waals surface area (Å²) < 4.78 is 5.07. The third-order valence-electron chi connectivity index (χ3n) is 5.34. The van der Waals surface area contributed by atoms with Gasteiger partial charge in [0.25, 0.3) is 0 Å². The number of hydrogen-bond donors (Lipinski definition) is 1. The Morgan fingerprint density at radius 3 is 2.36 bits per heavy atom. The predicted molar refractivity (Wildman–Crippen MR) is 85.1 cm³/mol. The number of piperidine rings is 1. The van der Waals surface area contributed by atoms with E-state index in [1.807, 2.05) is 11.8 Å². The van der Waals surface area contributed by atoms with E-state index in [1.165, 1.54) is 19.3 Å². The molecule has 2 aliphatic rings. The van der Waals surface area contributed by atoms with E-state index in [-0.39, 0.29) is 23.2 Å². The van der Waals surface area contributed by atoms with Crippen LogP contribution in [-0.4, -0.2) is 43.0 Å². The van der Waals surface area contributed by atoms with Crippen LogP contribution in [0.2, 0.25) is 0 Å². The maximum atomic E-state index is 12.6. The first kappa shape index (κ1) is 17.3. The van der Waals surface area contributed by atoms with Crippen LogP contribution in [0, 0.1) is 11.3 Å². The number of amides is 1. The maximum absolute atomic E-state index is 12.6. The average molecular weight is 310 g/mol. The molecule has 5 heteroatoms. The molecule has 0 aromatic carbocycles. The van der Waals surface area contributed by atoms with Crippen LogP contribution in [0.15, 0.2) is 0 Å². The second-order valence-corrected chi connectivity index (χ2v) is 6.85. The summed E-state index contributed by atoms with van der Waals surface area (Å²) in [7, 11) is 0. The minimum atomic E-state index is -0.111. The van der Waals surface area contributed by atoms with Gasteiger partial charge >= 0.3 is 5.97 Å². The molecule has 0 aromatic rings. The lowest BCUT2D eigenvalue weighted by Gasteiger charge is -2.38. The lowest BCUT2D eigenvalue weighted by Crippen LogP contribution is -2.44. The van der Waals surface area contributed by atoms with Crippen molar-refractivity contribution in [3.63, 3.8) is 0 Å². The first-order valence-electron chi connectivity index (χ1n) is 8.75. The van der Waals surface area contributed by atoms with Gasteiger partial charge in [-0.05, 0) is 44.6 Å². The Morgan fingerprint density at radius 1 is 1.18 bits per heavy atom. The summed E-state index contributed by atoms with van der Waals surface area (Å²) in [4.78, 5) is 26.3. The van der Waals surface area contributed by atoms with Crippen molar-refractivity contribution in [3.8, 4) is 0 Å². The van der Waals surface area contributed by atoms with Crippen molar-refractivity contribution < 1.29 is 14.3 Å². The van der Waals surface area contributed by atoms with E-state index < -0.39 is 0 Å². The zero-order chi connectivity index (χ0) is 16.0. The number of carbonyl (C=O) groups is 2. The molecule has 2 N–H and O–H groups in total. The number of nitrogens with zero attached hydrogens (tertiary/aromatic N) is 1. The maximum Gasteiger partial charge on any atom is 0.309 e. The summed E-state index contributed by atoms with van der Waals surface area (Å²) in [6, 6.07) is 0. The van der Waals surface area contributed by atoms with Crippen LogP contribution in [0.25, 0.3) is 0 Å². The fraction of sp³-hybridized carbons (Fsp3) is 0.882. The van der Waals surface area contributed by atoms with Gasteiger partial charge in [0.2, 0.25) is 5.91 Å². The zero-order valence-electron chi connectivity index (χ0n) is 13.8. The number of esters is 1. The predicted octanol–water partition coefficient (Wildman–Crippen LogP) is 2.09. The average Bonchev–Trinajstić information content (AvgIpc) is 2.56. The van der Waals surface area contributed by atoms with Gasteiger partial charge in [-0.25, -0.2) is 0 Å². The van der Waals surface area contributed by atoms with Crippen molar-refractivity contribution in [2.24, 2.45) is 17.1 Å². The minimum Gasteiger partial charge on any atom is -0.466 e. The highest BCUT2D eigenvalue weighted by atomic mass is 16.5. The van der Waals surface area contributed by atoms with Gasteiger partial charge in [-0.15, -0.1) is 0 Å². The number of carbonyl (C=O) groups excluding carboxylic acids is 2. The summed E-state index contributed by atoms with van der Waals surface area (Å²) in [5.41, 5.74) is 6.00. The van der Waals surface area contributed by atoms with Crippen molar-refractivity contribution in [1.82, 2.24) is 4.90 Å². The number of rotatable bonds is 5. The highest BCUT2D eigenvalue weighted by Gasteiger charge is 2.36. The van der Waals surface area contributed by atoms with Crippen LogP contribution in [0.3, 0.4) is 0 Å². The SMILES string of the molecule is CCOC(=O)C1CCN(C(=O)CC2(CN)CCCCC2)CC1. The smallest absolute Gasteiger partial charge is 0.309 e. The Balaban J connectivity index is 1.83.